The van der Waals surface area contributed by atoms with Crippen LogP contribution in [0.3, 0.4) is 0 Å². The summed E-state index contributed by atoms with van der Waals surface area (Å²) in [6.07, 6.45) is 2.15. The van der Waals surface area contributed by atoms with Crippen molar-refractivity contribution >= 4 is 23.0 Å². The molecule has 0 aliphatic carbocycles. The second-order valence-corrected chi connectivity index (χ2v) is 6.78. The second-order valence-electron chi connectivity index (χ2n) is 6.78. The van der Waals surface area contributed by atoms with E-state index in [1.165, 1.54) is 11.9 Å². The first-order valence-corrected chi connectivity index (χ1v) is 9.17. The normalized spacial score (nSPS) is 14.4. The summed E-state index contributed by atoms with van der Waals surface area (Å²) in [7, 11) is 0. The molecule has 0 fully saturated rings. The van der Waals surface area contributed by atoms with Crippen LogP contribution in [0.4, 0.5) is 23.0 Å². The molecule has 1 N–H and O–H groups in total. The average Bonchev–Trinajstić information content (AvgIpc) is 3.21. The number of rotatable bonds is 4. The second kappa shape index (κ2) is 6.93. The summed E-state index contributed by atoms with van der Waals surface area (Å²) in [5, 5.41) is 14.9. The Morgan fingerprint density at radius 1 is 1.07 bits per heavy atom. The Morgan fingerprint density at radius 2 is 1.90 bits per heavy atom. The third-order valence-electron chi connectivity index (χ3n) is 5.05. The lowest BCUT2D eigenvalue weighted by Gasteiger charge is -2.29. The molecule has 1 aromatic heterocycles. The van der Waals surface area contributed by atoms with Gasteiger partial charge in [0.2, 0.25) is 18.4 Å². The molecule has 0 bridgehead atoms. The lowest BCUT2D eigenvalue weighted by molar-refractivity contribution is -0.383. The molecule has 0 amide bonds. The van der Waals surface area contributed by atoms with Crippen molar-refractivity contribution < 1.29 is 14.4 Å². The Hall–Kier alpha value is -3.88. The van der Waals surface area contributed by atoms with Crippen molar-refractivity contribution in [2.75, 3.05) is 23.6 Å². The van der Waals surface area contributed by atoms with Gasteiger partial charge in [-0.2, -0.15) is 0 Å². The van der Waals surface area contributed by atoms with E-state index < -0.39 is 4.92 Å². The first-order valence-electron chi connectivity index (χ1n) is 9.17. The molecule has 9 heteroatoms. The predicted molar refractivity (Wildman–Crippen MR) is 106 cm³/mol. The van der Waals surface area contributed by atoms with Crippen molar-refractivity contribution in [1.29, 1.82) is 0 Å². The van der Waals surface area contributed by atoms with Gasteiger partial charge in [0.05, 0.1) is 4.92 Å². The molecule has 2 aliphatic rings. The minimum absolute atomic E-state index is 0.137. The monoisotopic (exact) mass is 391 g/mol. The molecular formula is C20H17N5O4. The third kappa shape index (κ3) is 3.16. The van der Waals surface area contributed by atoms with Gasteiger partial charge in [-0.15, -0.1) is 0 Å². The summed E-state index contributed by atoms with van der Waals surface area (Å²) >= 11 is 0. The summed E-state index contributed by atoms with van der Waals surface area (Å²) in [6.45, 7) is 1.38. The molecule has 9 nitrogen and oxygen atoms in total. The van der Waals surface area contributed by atoms with E-state index in [9.17, 15) is 10.1 Å². The number of ether oxygens (including phenoxy) is 2. The smallest absolute Gasteiger partial charge is 0.353 e. The summed E-state index contributed by atoms with van der Waals surface area (Å²) in [5.74, 6) is 1.67. The van der Waals surface area contributed by atoms with Gasteiger partial charge in [-0.25, -0.2) is 9.97 Å². The van der Waals surface area contributed by atoms with Crippen molar-refractivity contribution in [2.45, 2.75) is 13.0 Å². The highest BCUT2D eigenvalue weighted by Gasteiger charge is 2.29. The van der Waals surface area contributed by atoms with E-state index in [1.807, 2.05) is 23.1 Å². The first kappa shape index (κ1) is 17.2. The third-order valence-corrected chi connectivity index (χ3v) is 5.05. The van der Waals surface area contributed by atoms with Crippen LogP contribution >= 0.6 is 0 Å². The largest absolute Gasteiger partial charge is 0.454 e. The van der Waals surface area contributed by atoms with Crippen LogP contribution < -0.4 is 19.7 Å². The molecule has 3 aromatic rings. The molecule has 0 radical (unpaired) electrons. The van der Waals surface area contributed by atoms with Gasteiger partial charge in [0.25, 0.3) is 0 Å². The molecule has 146 valence electrons. The Balaban J connectivity index is 1.49. The highest BCUT2D eigenvalue weighted by atomic mass is 16.7. The van der Waals surface area contributed by atoms with Gasteiger partial charge in [0, 0.05) is 24.8 Å². The Kier molecular flexibility index (Phi) is 4.12. The number of nitrogens with zero attached hydrogens (tertiary/aromatic N) is 4. The zero-order valence-corrected chi connectivity index (χ0v) is 15.4. The topological polar surface area (TPSA) is 103 Å². The molecule has 0 atom stereocenters. The Bertz CT molecular complexity index is 1100. The Morgan fingerprint density at radius 3 is 2.76 bits per heavy atom. The molecule has 0 unspecified atom stereocenters. The minimum Gasteiger partial charge on any atom is -0.454 e. The number of anilines is 3. The first-order chi connectivity index (χ1) is 14.2. The number of hydrogen-bond acceptors (Lipinski definition) is 8. The van der Waals surface area contributed by atoms with Crippen LogP contribution in [0.15, 0.2) is 48.8 Å². The van der Waals surface area contributed by atoms with Gasteiger partial charge in [-0.1, -0.05) is 24.3 Å². The van der Waals surface area contributed by atoms with Crippen molar-refractivity contribution in [2.24, 2.45) is 0 Å². The van der Waals surface area contributed by atoms with E-state index in [4.69, 9.17) is 9.47 Å². The zero-order valence-electron chi connectivity index (χ0n) is 15.4. The summed E-state index contributed by atoms with van der Waals surface area (Å²) < 4.78 is 10.7. The van der Waals surface area contributed by atoms with Crippen LogP contribution in [0.2, 0.25) is 0 Å². The van der Waals surface area contributed by atoms with Crippen molar-refractivity contribution in [3.63, 3.8) is 0 Å². The number of nitro groups is 1. The molecule has 2 aliphatic heterocycles. The maximum Gasteiger partial charge on any atom is 0.353 e. The van der Waals surface area contributed by atoms with Crippen LogP contribution in [0.5, 0.6) is 11.5 Å². The summed E-state index contributed by atoms with van der Waals surface area (Å²) in [5.41, 5.74) is 2.88. The maximum atomic E-state index is 11.9. The fourth-order valence-corrected chi connectivity index (χ4v) is 3.65. The fraction of sp³-hybridized carbons (Fsp3) is 0.200. The highest BCUT2D eigenvalue weighted by molar-refractivity contribution is 5.75. The number of hydrogen-bond donors (Lipinski definition) is 1. The van der Waals surface area contributed by atoms with E-state index in [2.05, 4.69) is 21.4 Å². The molecule has 2 aromatic carbocycles. The standard InChI is InChI=1S/C20H17N5O4/c26-25(27)18-19(23-15-5-6-16-17(9-15)29-12-28-16)21-11-22-20(18)24-8-7-13-3-1-2-4-14(13)10-24/h1-6,9,11H,7-8,10,12H2,(H,21,22,23). The minimum atomic E-state index is -0.439. The maximum absolute atomic E-state index is 11.9. The number of fused-ring (bicyclic) bond motifs is 2. The van der Waals surface area contributed by atoms with Gasteiger partial charge in [-0.05, 0) is 29.7 Å². The van der Waals surface area contributed by atoms with Crippen LogP contribution in [0, 0.1) is 10.1 Å². The van der Waals surface area contributed by atoms with Gasteiger partial charge in [0.1, 0.15) is 6.33 Å². The Labute approximate surface area is 166 Å². The van der Waals surface area contributed by atoms with Crippen molar-refractivity contribution in [3.8, 4) is 11.5 Å². The van der Waals surface area contributed by atoms with Crippen LogP contribution in [-0.2, 0) is 13.0 Å². The summed E-state index contributed by atoms with van der Waals surface area (Å²) in [6, 6.07) is 13.4. The number of benzene rings is 2. The van der Waals surface area contributed by atoms with Gasteiger partial charge in [0.15, 0.2) is 11.5 Å². The van der Waals surface area contributed by atoms with Crippen molar-refractivity contribution in [1.82, 2.24) is 9.97 Å². The van der Waals surface area contributed by atoms with Gasteiger partial charge in [-0.3, -0.25) is 10.1 Å². The molecule has 0 spiro atoms. The lowest BCUT2D eigenvalue weighted by atomic mass is 10.00. The number of aromatic nitrogens is 2. The van der Waals surface area contributed by atoms with E-state index >= 15 is 0 Å². The van der Waals surface area contributed by atoms with Crippen LogP contribution in [0.1, 0.15) is 11.1 Å². The number of nitrogens with one attached hydrogen (secondary N) is 1. The van der Waals surface area contributed by atoms with E-state index in [0.29, 0.717) is 36.1 Å². The van der Waals surface area contributed by atoms with E-state index in [1.54, 1.807) is 18.2 Å². The quantitative estimate of drug-likeness (QED) is 0.533. The lowest BCUT2D eigenvalue weighted by Crippen LogP contribution is -2.31. The summed E-state index contributed by atoms with van der Waals surface area (Å²) in [4.78, 5) is 21.8. The van der Waals surface area contributed by atoms with Crippen LogP contribution in [-0.4, -0.2) is 28.2 Å². The molecule has 3 heterocycles. The van der Waals surface area contributed by atoms with E-state index in [-0.39, 0.29) is 18.3 Å². The molecule has 0 saturated heterocycles. The predicted octanol–water partition coefficient (Wildman–Crippen LogP) is 3.42. The van der Waals surface area contributed by atoms with Crippen LogP contribution in [0.25, 0.3) is 0 Å². The van der Waals surface area contributed by atoms with Gasteiger partial charge >= 0.3 is 5.69 Å². The molecule has 5 rings (SSSR count). The molecular weight excluding hydrogens is 374 g/mol. The average molecular weight is 391 g/mol. The SMILES string of the molecule is O=[N+]([O-])c1c(Nc2ccc3c(c2)OCO3)ncnc1N1CCc2ccccc2C1. The van der Waals surface area contributed by atoms with Crippen molar-refractivity contribution in [3.05, 3.63) is 70.0 Å². The fourth-order valence-electron chi connectivity index (χ4n) is 3.65. The molecule has 29 heavy (non-hydrogen) atoms. The highest BCUT2D eigenvalue weighted by Crippen LogP contribution is 2.38. The molecule has 0 saturated carbocycles. The zero-order chi connectivity index (χ0) is 19.8. The van der Waals surface area contributed by atoms with E-state index in [0.717, 1.165) is 12.0 Å². The van der Waals surface area contributed by atoms with Gasteiger partial charge < -0.3 is 19.7 Å².